The maximum atomic E-state index is 12.0. The van der Waals surface area contributed by atoms with Crippen molar-refractivity contribution in [1.82, 2.24) is 5.06 Å². The Morgan fingerprint density at radius 1 is 1.04 bits per heavy atom. The normalized spacial score (nSPS) is 26.3. The summed E-state index contributed by atoms with van der Waals surface area (Å²) in [6.45, 7) is 10.1. The summed E-state index contributed by atoms with van der Waals surface area (Å²) in [5.74, 6) is -0.448. The second-order valence-electron chi connectivity index (χ2n) is 8.53. The largest absolute Gasteiger partial charge is 0.515 e. The van der Waals surface area contributed by atoms with Crippen molar-refractivity contribution in [3.8, 4) is 0 Å². The number of rotatable bonds is 4. The second kappa shape index (κ2) is 7.44. The summed E-state index contributed by atoms with van der Waals surface area (Å²) in [4.78, 5) is 18.4. The standard InChI is InChI=1S/C19H33NO4/c1-14(13-21)17(22)23-16-11-18(2,3)20(19(4,5)12-16)24-15-9-7-6-8-10-15/h13,15-16,21H,6-12H2,1-5H3. The highest BCUT2D eigenvalue weighted by molar-refractivity contribution is 5.87. The van der Waals surface area contributed by atoms with Crippen LogP contribution in [0.3, 0.4) is 0 Å². The topological polar surface area (TPSA) is 59.0 Å². The summed E-state index contributed by atoms with van der Waals surface area (Å²) in [5.41, 5.74) is -0.214. The molecule has 1 N–H and O–H groups in total. The first-order chi connectivity index (χ1) is 11.2. The van der Waals surface area contributed by atoms with E-state index >= 15 is 0 Å². The molecule has 1 saturated heterocycles. The van der Waals surface area contributed by atoms with Crippen LogP contribution >= 0.6 is 0 Å². The summed E-state index contributed by atoms with van der Waals surface area (Å²) in [5, 5.41) is 11.1. The lowest BCUT2D eigenvalue weighted by Gasteiger charge is -2.54. The van der Waals surface area contributed by atoms with E-state index in [9.17, 15) is 4.79 Å². The zero-order valence-corrected chi connectivity index (χ0v) is 15.8. The smallest absolute Gasteiger partial charge is 0.337 e. The van der Waals surface area contributed by atoms with Crippen LogP contribution in [-0.4, -0.2) is 39.4 Å². The predicted molar refractivity (Wildman–Crippen MR) is 93.5 cm³/mol. The van der Waals surface area contributed by atoms with Crippen molar-refractivity contribution < 1.29 is 19.5 Å². The van der Waals surface area contributed by atoms with Crippen molar-refractivity contribution in [2.75, 3.05) is 0 Å². The summed E-state index contributed by atoms with van der Waals surface area (Å²) in [6, 6.07) is 0. The SMILES string of the molecule is CC(=CO)C(=O)OC1CC(C)(C)N(OC2CCCCC2)C(C)(C)C1. The van der Waals surface area contributed by atoms with Crippen LogP contribution in [0, 0.1) is 0 Å². The van der Waals surface area contributed by atoms with E-state index in [4.69, 9.17) is 14.7 Å². The molecule has 2 fully saturated rings. The molecule has 0 amide bonds. The average Bonchev–Trinajstić information content (AvgIpc) is 2.50. The Morgan fingerprint density at radius 2 is 1.58 bits per heavy atom. The van der Waals surface area contributed by atoms with E-state index in [1.165, 1.54) is 19.3 Å². The molecule has 1 aliphatic heterocycles. The summed E-state index contributed by atoms with van der Waals surface area (Å²) < 4.78 is 5.60. The molecular formula is C19H33NO4. The number of ether oxygens (including phenoxy) is 1. The fourth-order valence-electron chi connectivity index (χ4n) is 4.16. The zero-order valence-electron chi connectivity index (χ0n) is 15.8. The predicted octanol–water partition coefficient (Wildman–Crippen LogP) is 4.28. The van der Waals surface area contributed by atoms with Crippen LogP contribution in [0.1, 0.15) is 79.6 Å². The highest BCUT2D eigenvalue weighted by Gasteiger charge is 2.48. The molecule has 0 unspecified atom stereocenters. The van der Waals surface area contributed by atoms with Gasteiger partial charge >= 0.3 is 5.97 Å². The lowest BCUT2D eigenvalue weighted by molar-refractivity contribution is -0.317. The van der Waals surface area contributed by atoms with Gasteiger partial charge in [-0.2, -0.15) is 5.06 Å². The van der Waals surface area contributed by atoms with Crippen LogP contribution in [0.25, 0.3) is 0 Å². The third kappa shape index (κ3) is 4.51. The fraction of sp³-hybridized carbons (Fsp3) is 0.842. The Kier molecular flexibility index (Phi) is 5.97. The maximum Gasteiger partial charge on any atom is 0.337 e. The number of aliphatic hydroxyl groups excluding tert-OH is 1. The van der Waals surface area contributed by atoms with Crippen molar-refractivity contribution in [2.24, 2.45) is 0 Å². The molecule has 2 rings (SSSR count). The lowest BCUT2D eigenvalue weighted by atomic mass is 9.80. The molecule has 1 aliphatic carbocycles. The zero-order chi connectivity index (χ0) is 18.0. The van der Waals surface area contributed by atoms with Crippen LogP contribution in [0.2, 0.25) is 0 Å². The van der Waals surface area contributed by atoms with Gasteiger partial charge in [-0.05, 0) is 47.5 Å². The molecule has 0 radical (unpaired) electrons. The maximum absolute atomic E-state index is 12.0. The van der Waals surface area contributed by atoms with Gasteiger partial charge in [-0.15, -0.1) is 0 Å². The van der Waals surface area contributed by atoms with Crippen LogP contribution < -0.4 is 0 Å². The lowest BCUT2D eigenvalue weighted by Crippen LogP contribution is -2.63. The molecule has 1 heterocycles. The van der Waals surface area contributed by atoms with E-state index in [-0.39, 0.29) is 22.8 Å². The molecule has 0 atom stereocenters. The summed E-state index contributed by atoms with van der Waals surface area (Å²) in [6.07, 6.45) is 8.41. The third-order valence-corrected chi connectivity index (χ3v) is 5.15. The van der Waals surface area contributed by atoms with Crippen molar-refractivity contribution in [2.45, 2.75) is 103 Å². The quantitative estimate of drug-likeness (QED) is 0.471. The molecule has 0 aromatic heterocycles. The van der Waals surface area contributed by atoms with Gasteiger partial charge in [-0.25, -0.2) is 4.79 Å². The van der Waals surface area contributed by atoms with Gasteiger partial charge in [0.25, 0.3) is 0 Å². The Bertz CT molecular complexity index is 460. The van der Waals surface area contributed by atoms with E-state index < -0.39 is 5.97 Å². The molecule has 0 aromatic carbocycles. The third-order valence-electron chi connectivity index (χ3n) is 5.15. The van der Waals surface area contributed by atoms with Gasteiger partial charge in [0.05, 0.1) is 17.9 Å². The first-order valence-electron chi connectivity index (χ1n) is 9.15. The second-order valence-corrected chi connectivity index (χ2v) is 8.53. The first kappa shape index (κ1) is 19.3. The Balaban J connectivity index is 2.06. The average molecular weight is 339 g/mol. The minimum atomic E-state index is -0.448. The molecule has 138 valence electrons. The van der Waals surface area contributed by atoms with Crippen molar-refractivity contribution in [3.05, 3.63) is 11.8 Å². The molecule has 0 spiro atoms. The van der Waals surface area contributed by atoms with E-state index in [1.807, 2.05) is 0 Å². The van der Waals surface area contributed by atoms with Crippen LogP contribution in [0.15, 0.2) is 11.8 Å². The number of piperidine rings is 1. The highest BCUT2D eigenvalue weighted by atomic mass is 16.7. The minimum Gasteiger partial charge on any atom is -0.515 e. The van der Waals surface area contributed by atoms with Crippen molar-refractivity contribution in [1.29, 1.82) is 0 Å². The van der Waals surface area contributed by atoms with Gasteiger partial charge in [-0.3, -0.25) is 4.84 Å². The van der Waals surface area contributed by atoms with E-state index in [0.717, 1.165) is 19.1 Å². The first-order valence-corrected chi connectivity index (χ1v) is 9.15. The Morgan fingerprint density at radius 3 is 2.08 bits per heavy atom. The van der Waals surface area contributed by atoms with E-state index in [0.29, 0.717) is 18.9 Å². The van der Waals surface area contributed by atoms with E-state index in [2.05, 4.69) is 32.8 Å². The molecule has 0 bridgehead atoms. The summed E-state index contributed by atoms with van der Waals surface area (Å²) >= 11 is 0. The van der Waals surface area contributed by atoms with Gasteiger partial charge in [-0.1, -0.05) is 19.3 Å². The van der Waals surface area contributed by atoms with Gasteiger partial charge in [0.1, 0.15) is 6.10 Å². The number of esters is 1. The number of carbonyl (C=O) groups is 1. The van der Waals surface area contributed by atoms with Crippen LogP contribution in [0.5, 0.6) is 0 Å². The number of hydrogen-bond acceptors (Lipinski definition) is 5. The molecular weight excluding hydrogens is 306 g/mol. The van der Waals surface area contributed by atoms with Gasteiger partial charge < -0.3 is 9.84 Å². The summed E-state index contributed by atoms with van der Waals surface area (Å²) in [7, 11) is 0. The Labute approximate surface area is 146 Å². The molecule has 0 aromatic rings. The van der Waals surface area contributed by atoms with Crippen LogP contribution in [-0.2, 0) is 14.4 Å². The molecule has 5 heteroatoms. The highest BCUT2D eigenvalue weighted by Crippen LogP contribution is 2.41. The van der Waals surface area contributed by atoms with Crippen molar-refractivity contribution in [3.63, 3.8) is 0 Å². The van der Waals surface area contributed by atoms with Crippen molar-refractivity contribution >= 4 is 5.97 Å². The number of hydroxylamine groups is 2. The molecule has 5 nitrogen and oxygen atoms in total. The molecule has 2 aliphatic rings. The monoisotopic (exact) mass is 339 g/mol. The van der Waals surface area contributed by atoms with Gasteiger partial charge in [0.2, 0.25) is 0 Å². The number of carbonyl (C=O) groups excluding carboxylic acids is 1. The number of hydrogen-bond donors (Lipinski definition) is 1. The Hall–Kier alpha value is -1.07. The molecule has 1 saturated carbocycles. The molecule has 24 heavy (non-hydrogen) atoms. The number of aliphatic hydroxyl groups is 1. The fourth-order valence-corrected chi connectivity index (χ4v) is 4.16. The van der Waals surface area contributed by atoms with Gasteiger partial charge in [0.15, 0.2) is 0 Å². The van der Waals surface area contributed by atoms with Gasteiger partial charge in [0, 0.05) is 23.9 Å². The number of nitrogens with zero attached hydrogens (tertiary/aromatic N) is 1. The van der Waals surface area contributed by atoms with Crippen LogP contribution in [0.4, 0.5) is 0 Å². The van der Waals surface area contributed by atoms with E-state index in [1.54, 1.807) is 6.92 Å². The minimum absolute atomic E-state index is 0.177.